The normalized spacial score (nSPS) is 18.3. The van der Waals surface area contributed by atoms with Gasteiger partial charge >= 0.3 is 6.18 Å². The Balaban J connectivity index is 1.13. The molecule has 0 unspecified atom stereocenters. The zero-order chi connectivity index (χ0) is 34.3. The molecule has 48 heavy (non-hydrogen) atoms. The summed E-state index contributed by atoms with van der Waals surface area (Å²) in [5.41, 5.74) is -0.840. The number of aromatic nitrogens is 5. The van der Waals surface area contributed by atoms with Crippen molar-refractivity contribution in [2.75, 3.05) is 38.0 Å². The van der Waals surface area contributed by atoms with Gasteiger partial charge in [0.1, 0.15) is 5.15 Å². The lowest BCUT2D eigenvalue weighted by atomic mass is 10.1. The second-order valence-electron chi connectivity index (χ2n) is 11.3. The van der Waals surface area contributed by atoms with Crippen LogP contribution in [0.5, 0.6) is 0 Å². The number of alkyl halides is 3. The van der Waals surface area contributed by atoms with E-state index in [1.165, 1.54) is 48.1 Å². The van der Waals surface area contributed by atoms with Crippen LogP contribution in [0.2, 0.25) is 10.2 Å². The summed E-state index contributed by atoms with van der Waals surface area (Å²) in [7, 11) is 1.40. The van der Waals surface area contributed by atoms with Gasteiger partial charge in [0.05, 0.1) is 52.1 Å². The van der Waals surface area contributed by atoms with E-state index in [9.17, 15) is 32.7 Å². The molecule has 18 heteroatoms. The first kappa shape index (κ1) is 33.4. The monoisotopic (exact) mass is 705 g/mol. The van der Waals surface area contributed by atoms with Crippen molar-refractivity contribution in [1.82, 2.24) is 39.4 Å². The molecule has 2 saturated heterocycles. The van der Waals surface area contributed by atoms with Crippen molar-refractivity contribution in [3.63, 3.8) is 0 Å². The number of halogens is 5. The van der Waals surface area contributed by atoms with E-state index in [1.807, 2.05) is 0 Å². The minimum Gasteiger partial charge on any atom is -0.392 e. The number of amides is 3. The van der Waals surface area contributed by atoms with Crippen molar-refractivity contribution >= 4 is 46.6 Å². The number of carbonyl (C=O) groups excluding carboxylic acids is 3. The quantitative estimate of drug-likeness (QED) is 0.259. The maximum absolute atomic E-state index is 14.0. The van der Waals surface area contributed by atoms with E-state index in [1.54, 1.807) is 9.80 Å². The van der Waals surface area contributed by atoms with Crippen molar-refractivity contribution in [1.29, 1.82) is 0 Å². The lowest BCUT2D eigenvalue weighted by Crippen LogP contribution is -2.54. The number of nitrogens with zero attached hydrogens (tertiary/aromatic N) is 7. The topological polar surface area (TPSA) is 151 Å². The lowest BCUT2D eigenvalue weighted by molar-refractivity contribution is -0.141. The number of anilines is 1. The molecule has 1 aromatic carbocycles. The number of aliphatic hydroxyl groups excluding tert-OH is 1. The third-order valence-electron chi connectivity index (χ3n) is 8.17. The first-order chi connectivity index (χ1) is 22.8. The van der Waals surface area contributed by atoms with Gasteiger partial charge in [0.15, 0.2) is 11.5 Å². The maximum atomic E-state index is 14.0. The second-order valence-corrected chi connectivity index (χ2v) is 12.1. The molecule has 0 spiro atoms. The van der Waals surface area contributed by atoms with Crippen molar-refractivity contribution in [2.45, 2.75) is 24.7 Å². The van der Waals surface area contributed by atoms with Crippen LogP contribution in [0.4, 0.5) is 18.9 Å². The SMILES string of the molecule is Cn1c(-c2cn(-c3ccc(Cl)nc3)nc2C(F)(F)F)cnc1C(=O)Nc1ccc(C(=O)N2CCN(C(=O)[C@@H]3C[C@@H](O)CN3)CC2)c(Cl)c1. The van der Waals surface area contributed by atoms with Crippen LogP contribution in [-0.2, 0) is 18.0 Å². The number of piperazine rings is 1. The molecule has 2 aliphatic heterocycles. The second kappa shape index (κ2) is 13.2. The Kier molecular flexibility index (Phi) is 9.17. The predicted octanol–water partition coefficient (Wildman–Crippen LogP) is 3.25. The average molecular weight is 707 g/mol. The number of carbonyl (C=O) groups is 3. The van der Waals surface area contributed by atoms with Crippen LogP contribution in [0.25, 0.3) is 16.9 Å². The van der Waals surface area contributed by atoms with Crippen LogP contribution in [-0.4, -0.2) is 102 Å². The van der Waals surface area contributed by atoms with Crippen molar-refractivity contribution < 1.29 is 32.7 Å². The molecule has 2 atom stereocenters. The summed E-state index contributed by atoms with van der Waals surface area (Å²) in [6, 6.07) is 6.76. The fourth-order valence-corrected chi connectivity index (χ4v) is 6.03. The van der Waals surface area contributed by atoms with E-state index in [0.717, 1.165) is 17.1 Å². The number of benzene rings is 1. The average Bonchev–Trinajstić information content (AvgIpc) is 3.79. The van der Waals surface area contributed by atoms with Crippen molar-refractivity contribution in [2.24, 2.45) is 7.05 Å². The highest BCUT2D eigenvalue weighted by Crippen LogP contribution is 2.37. The molecule has 0 aliphatic carbocycles. The lowest BCUT2D eigenvalue weighted by Gasteiger charge is -2.36. The summed E-state index contributed by atoms with van der Waals surface area (Å²) in [6.07, 6.45) is -1.44. The standard InChI is InChI=1S/C30H28Cl2F3N9O4/c1-41-23(20-15-44(40-25(20)30(33,34)35)17-3-5-24(32)37-12-17)14-38-26(41)27(46)39-16-2-4-19(21(31)10-16)28(47)42-6-8-43(9-7-42)29(48)22-11-18(45)13-36-22/h2-5,10,12,14-15,18,22,36,45H,6-9,11,13H2,1H3,(H,39,46)/t18-,22+/m1/s1. The highest BCUT2D eigenvalue weighted by Gasteiger charge is 2.39. The summed E-state index contributed by atoms with van der Waals surface area (Å²) < 4.78 is 44.2. The highest BCUT2D eigenvalue weighted by molar-refractivity contribution is 6.34. The molecule has 0 bridgehead atoms. The molecular formula is C30H28Cl2F3N9O4. The molecule has 0 radical (unpaired) electrons. The van der Waals surface area contributed by atoms with Gasteiger partial charge in [-0.25, -0.2) is 14.6 Å². The summed E-state index contributed by atoms with van der Waals surface area (Å²) >= 11 is 12.2. The molecule has 252 valence electrons. The van der Waals surface area contributed by atoms with E-state index >= 15 is 0 Å². The number of hydrogen-bond acceptors (Lipinski definition) is 8. The molecule has 4 aromatic rings. The number of pyridine rings is 1. The number of β-amino-alcohol motifs (C(OH)–C–C–N with tert-alkyl or cyclic N) is 1. The van der Waals surface area contributed by atoms with Crippen LogP contribution in [0.1, 0.15) is 33.1 Å². The number of imidazole rings is 1. The number of aliphatic hydroxyl groups is 1. The smallest absolute Gasteiger partial charge is 0.392 e. The van der Waals surface area contributed by atoms with Crippen LogP contribution in [0, 0.1) is 0 Å². The van der Waals surface area contributed by atoms with Gasteiger partial charge in [0.2, 0.25) is 5.91 Å². The number of nitrogens with one attached hydrogen (secondary N) is 2. The van der Waals surface area contributed by atoms with Crippen LogP contribution in [0.3, 0.4) is 0 Å². The summed E-state index contributed by atoms with van der Waals surface area (Å²) in [5, 5.41) is 19.3. The third kappa shape index (κ3) is 6.74. The predicted molar refractivity (Wildman–Crippen MR) is 168 cm³/mol. The molecule has 2 aliphatic rings. The van der Waals surface area contributed by atoms with Gasteiger partial charge in [0.25, 0.3) is 11.8 Å². The Morgan fingerprint density at radius 1 is 1.02 bits per heavy atom. The largest absolute Gasteiger partial charge is 0.435 e. The van der Waals surface area contributed by atoms with Gasteiger partial charge in [-0.05, 0) is 36.8 Å². The van der Waals surface area contributed by atoms with E-state index < -0.39 is 29.9 Å². The molecule has 6 rings (SSSR count). The first-order valence-electron chi connectivity index (χ1n) is 14.7. The van der Waals surface area contributed by atoms with Gasteiger partial charge in [-0.15, -0.1) is 0 Å². The van der Waals surface area contributed by atoms with Crippen molar-refractivity contribution in [3.8, 4) is 16.9 Å². The van der Waals surface area contributed by atoms with Crippen LogP contribution < -0.4 is 10.6 Å². The van der Waals surface area contributed by atoms with Gasteiger partial charge in [0, 0.05) is 51.7 Å². The number of rotatable bonds is 6. The molecule has 5 heterocycles. The molecular weight excluding hydrogens is 678 g/mol. The molecule has 2 fully saturated rings. The Bertz CT molecular complexity index is 1870. The number of hydrogen-bond donors (Lipinski definition) is 3. The zero-order valence-electron chi connectivity index (χ0n) is 25.2. The van der Waals surface area contributed by atoms with Crippen LogP contribution >= 0.6 is 23.2 Å². The fourth-order valence-electron chi connectivity index (χ4n) is 5.66. The van der Waals surface area contributed by atoms with Gasteiger partial charge in [-0.3, -0.25) is 14.4 Å². The molecule has 3 N–H and O–H groups in total. The Hall–Kier alpha value is -4.51. The minimum absolute atomic E-state index is 0.0153. The first-order valence-corrected chi connectivity index (χ1v) is 15.5. The Morgan fingerprint density at radius 3 is 2.38 bits per heavy atom. The highest BCUT2D eigenvalue weighted by atomic mass is 35.5. The van der Waals surface area contributed by atoms with E-state index in [2.05, 4.69) is 25.7 Å². The van der Waals surface area contributed by atoms with E-state index in [-0.39, 0.29) is 56.0 Å². The summed E-state index contributed by atoms with van der Waals surface area (Å²) in [4.78, 5) is 50.3. The van der Waals surface area contributed by atoms with Gasteiger partial charge in [-0.2, -0.15) is 18.3 Å². The van der Waals surface area contributed by atoms with Crippen molar-refractivity contribution in [3.05, 3.63) is 76.2 Å². The Morgan fingerprint density at radius 2 is 1.75 bits per heavy atom. The molecule has 0 saturated carbocycles. The van der Waals surface area contributed by atoms with E-state index in [4.69, 9.17) is 23.2 Å². The summed E-state index contributed by atoms with van der Waals surface area (Å²) in [6.45, 7) is 1.62. The van der Waals surface area contributed by atoms with Crippen LogP contribution in [0.15, 0.2) is 48.9 Å². The molecule has 3 amide bonds. The van der Waals surface area contributed by atoms with Gasteiger partial charge in [-0.1, -0.05) is 23.2 Å². The molecule has 3 aromatic heterocycles. The van der Waals surface area contributed by atoms with E-state index in [0.29, 0.717) is 39.1 Å². The third-order valence-corrected chi connectivity index (χ3v) is 8.70. The van der Waals surface area contributed by atoms with Gasteiger partial charge < -0.3 is 30.1 Å². The Labute approximate surface area is 281 Å². The zero-order valence-corrected chi connectivity index (χ0v) is 26.7. The minimum atomic E-state index is -4.81. The summed E-state index contributed by atoms with van der Waals surface area (Å²) in [5.74, 6) is -1.37. The molecule has 13 nitrogen and oxygen atoms in total. The maximum Gasteiger partial charge on any atom is 0.435 e. The fraction of sp³-hybridized carbons (Fsp3) is 0.333.